The van der Waals surface area contributed by atoms with Crippen LogP contribution in [0.4, 0.5) is 4.79 Å². The van der Waals surface area contributed by atoms with Crippen LogP contribution in [0.3, 0.4) is 0 Å². The van der Waals surface area contributed by atoms with Crippen molar-refractivity contribution in [2.75, 3.05) is 18.8 Å². The van der Waals surface area contributed by atoms with Crippen LogP contribution in [0.25, 0.3) is 0 Å². The van der Waals surface area contributed by atoms with Gasteiger partial charge in [-0.3, -0.25) is 9.59 Å². The summed E-state index contributed by atoms with van der Waals surface area (Å²) < 4.78 is 0. The maximum Gasteiger partial charge on any atom is 0.315 e. The van der Waals surface area contributed by atoms with Gasteiger partial charge in [-0.25, -0.2) is 4.79 Å². The predicted octanol–water partition coefficient (Wildman–Crippen LogP) is 1.92. The number of hydrogen-bond donors (Lipinski definition) is 4. The van der Waals surface area contributed by atoms with Crippen molar-refractivity contribution in [2.45, 2.75) is 82.0 Å². The standard InChI is InChI=1S/C19H34N4O3S/c1-2-11-20-16(24)9-4-3-7-12-21-17(25)10-6-5-8-15-18-14(13-27-15)22-19(26)23-18/h14-15,18H,2-13H2,1H3,(H,20,24)(H,21,25)(H2,22,23,26). The normalized spacial score (nSPS) is 23.4. The second kappa shape index (κ2) is 12.1. The number of carbonyl (C=O) groups excluding carboxylic acids is 3. The van der Waals surface area contributed by atoms with Gasteiger partial charge in [-0.15, -0.1) is 0 Å². The average molecular weight is 399 g/mol. The molecule has 4 N–H and O–H groups in total. The molecule has 2 rings (SSSR count). The van der Waals surface area contributed by atoms with Crippen LogP contribution in [0.15, 0.2) is 0 Å². The predicted molar refractivity (Wildman–Crippen MR) is 109 cm³/mol. The summed E-state index contributed by atoms with van der Waals surface area (Å²) in [6.45, 7) is 3.48. The minimum absolute atomic E-state index is 0.0451. The van der Waals surface area contributed by atoms with Crippen LogP contribution in [0, 0.1) is 0 Å². The molecular formula is C19H34N4O3S. The van der Waals surface area contributed by atoms with Gasteiger partial charge in [-0.1, -0.05) is 19.8 Å². The van der Waals surface area contributed by atoms with E-state index < -0.39 is 0 Å². The van der Waals surface area contributed by atoms with Crippen molar-refractivity contribution in [2.24, 2.45) is 0 Å². The number of hydrogen-bond acceptors (Lipinski definition) is 4. The van der Waals surface area contributed by atoms with Gasteiger partial charge in [0.05, 0.1) is 12.1 Å². The Labute approximate surface area is 166 Å². The van der Waals surface area contributed by atoms with Crippen LogP contribution in [0.5, 0.6) is 0 Å². The van der Waals surface area contributed by atoms with E-state index in [1.807, 2.05) is 18.7 Å². The molecule has 7 nitrogen and oxygen atoms in total. The maximum atomic E-state index is 11.9. The first-order valence-electron chi connectivity index (χ1n) is 10.3. The summed E-state index contributed by atoms with van der Waals surface area (Å²) in [5.74, 6) is 1.22. The van der Waals surface area contributed by atoms with Gasteiger partial charge in [0.15, 0.2) is 0 Å². The van der Waals surface area contributed by atoms with Gasteiger partial charge in [0.2, 0.25) is 11.8 Å². The summed E-state index contributed by atoms with van der Waals surface area (Å²) in [4.78, 5) is 34.7. The van der Waals surface area contributed by atoms with Crippen molar-refractivity contribution >= 4 is 29.6 Å². The highest BCUT2D eigenvalue weighted by Gasteiger charge is 2.42. The Morgan fingerprint density at radius 3 is 2.44 bits per heavy atom. The zero-order valence-electron chi connectivity index (χ0n) is 16.4. The molecule has 154 valence electrons. The largest absolute Gasteiger partial charge is 0.356 e. The van der Waals surface area contributed by atoms with Crippen molar-refractivity contribution in [1.82, 2.24) is 21.3 Å². The maximum absolute atomic E-state index is 11.9. The van der Waals surface area contributed by atoms with E-state index in [-0.39, 0.29) is 29.9 Å². The molecular weight excluding hydrogens is 364 g/mol. The molecule has 2 aliphatic rings. The Bertz CT molecular complexity index is 503. The molecule has 3 unspecified atom stereocenters. The van der Waals surface area contributed by atoms with Crippen molar-refractivity contribution in [3.05, 3.63) is 0 Å². The first-order valence-corrected chi connectivity index (χ1v) is 11.4. The molecule has 0 bridgehead atoms. The highest BCUT2D eigenvalue weighted by Crippen LogP contribution is 2.33. The lowest BCUT2D eigenvalue weighted by Crippen LogP contribution is -2.36. The van der Waals surface area contributed by atoms with E-state index in [1.165, 1.54) is 0 Å². The van der Waals surface area contributed by atoms with Crippen molar-refractivity contribution in [3.8, 4) is 0 Å². The zero-order valence-corrected chi connectivity index (χ0v) is 17.2. The van der Waals surface area contributed by atoms with E-state index >= 15 is 0 Å². The number of rotatable bonds is 13. The molecule has 0 radical (unpaired) electrons. The number of carbonyl (C=O) groups is 3. The van der Waals surface area contributed by atoms with E-state index in [2.05, 4.69) is 21.3 Å². The smallest absolute Gasteiger partial charge is 0.315 e. The Morgan fingerprint density at radius 1 is 1.00 bits per heavy atom. The first kappa shape index (κ1) is 21.9. The van der Waals surface area contributed by atoms with Crippen LogP contribution >= 0.6 is 11.8 Å². The van der Waals surface area contributed by atoms with Gasteiger partial charge in [0, 0.05) is 36.9 Å². The Kier molecular flexibility index (Phi) is 9.80. The van der Waals surface area contributed by atoms with Crippen LogP contribution in [-0.2, 0) is 9.59 Å². The van der Waals surface area contributed by atoms with Gasteiger partial charge in [0.25, 0.3) is 0 Å². The van der Waals surface area contributed by atoms with Gasteiger partial charge >= 0.3 is 6.03 Å². The van der Waals surface area contributed by atoms with E-state index in [0.29, 0.717) is 24.6 Å². The fourth-order valence-corrected chi connectivity index (χ4v) is 5.07. The first-order chi connectivity index (χ1) is 13.1. The summed E-state index contributed by atoms with van der Waals surface area (Å²) in [6, 6.07) is 0.477. The van der Waals surface area contributed by atoms with Gasteiger partial charge in [-0.05, 0) is 32.1 Å². The van der Waals surface area contributed by atoms with E-state index in [0.717, 1.165) is 57.2 Å². The molecule has 3 atom stereocenters. The number of urea groups is 1. The third kappa shape index (κ3) is 7.99. The highest BCUT2D eigenvalue weighted by atomic mass is 32.2. The second-order valence-corrected chi connectivity index (χ2v) is 8.65. The number of amides is 4. The molecule has 8 heteroatoms. The van der Waals surface area contributed by atoms with Crippen molar-refractivity contribution in [3.63, 3.8) is 0 Å². The topological polar surface area (TPSA) is 99.3 Å². The minimum atomic E-state index is -0.0451. The molecule has 2 aliphatic heterocycles. The summed E-state index contributed by atoms with van der Waals surface area (Å²) in [5, 5.41) is 12.3. The number of unbranched alkanes of at least 4 members (excludes halogenated alkanes) is 3. The third-order valence-electron chi connectivity index (χ3n) is 5.06. The number of fused-ring (bicyclic) bond motifs is 1. The fourth-order valence-electron chi connectivity index (χ4n) is 3.53. The lowest BCUT2D eigenvalue weighted by molar-refractivity contribution is -0.122. The van der Waals surface area contributed by atoms with E-state index in [4.69, 9.17) is 0 Å². The van der Waals surface area contributed by atoms with Crippen LogP contribution in [-0.4, -0.2) is 54.0 Å². The Hall–Kier alpha value is -1.44. The van der Waals surface area contributed by atoms with E-state index in [9.17, 15) is 14.4 Å². The molecule has 0 aromatic heterocycles. The summed E-state index contributed by atoms with van der Waals surface area (Å²) in [5.41, 5.74) is 0. The Balaban J connectivity index is 1.41. The molecule has 2 saturated heterocycles. The van der Waals surface area contributed by atoms with Crippen molar-refractivity contribution in [1.29, 1.82) is 0 Å². The van der Waals surface area contributed by atoms with Crippen molar-refractivity contribution < 1.29 is 14.4 Å². The summed E-state index contributed by atoms with van der Waals surface area (Å²) >= 11 is 1.92. The SMILES string of the molecule is CCCNC(=O)CCCCCNC(=O)CCCCC1SCC2NC(=O)NC21. The highest BCUT2D eigenvalue weighted by molar-refractivity contribution is 8.00. The zero-order chi connectivity index (χ0) is 19.5. The summed E-state index contributed by atoms with van der Waals surface area (Å²) in [6.07, 6.45) is 7.80. The van der Waals surface area contributed by atoms with E-state index in [1.54, 1.807) is 0 Å². The number of nitrogens with one attached hydrogen (secondary N) is 4. The van der Waals surface area contributed by atoms with Gasteiger partial charge < -0.3 is 21.3 Å². The lowest BCUT2D eigenvalue weighted by atomic mass is 10.0. The monoisotopic (exact) mass is 398 g/mol. The van der Waals surface area contributed by atoms with Gasteiger partial charge in [0.1, 0.15) is 0 Å². The molecule has 0 aromatic rings. The molecule has 0 aromatic carbocycles. The molecule has 2 fully saturated rings. The molecule has 0 aliphatic carbocycles. The lowest BCUT2D eigenvalue weighted by Gasteiger charge is -2.16. The molecule has 2 heterocycles. The molecule has 4 amide bonds. The fraction of sp³-hybridized carbons (Fsp3) is 0.842. The van der Waals surface area contributed by atoms with Gasteiger partial charge in [-0.2, -0.15) is 11.8 Å². The third-order valence-corrected chi connectivity index (χ3v) is 6.56. The molecule has 0 saturated carbocycles. The minimum Gasteiger partial charge on any atom is -0.356 e. The van der Waals surface area contributed by atoms with Crippen LogP contribution < -0.4 is 21.3 Å². The molecule has 0 spiro atoms. The van der Waals surface area contributed by atoms with Crippen LogP contribution in [0.1, 0.15) is 64.7 Å². The van der Waals surface area contributed by atoms with Crippen LogP contribution in [0.2, 0.25) is 0 Å². The summed E-state index contributed by atoms with van der Waals surface area (Å²) in [7, 11) is 0. The Morgan fingerprint density at radius 2 is 1.70 bits per heavy atom. The quantitative estimate of drug-likeness (QED) is 0.281. The molecule has 27 heavy (non-hydrogen) atoms. The number of thioether (sulfide) groups is 1. The second-order valence-electron chi connectivity index (χ2n) is 7.38. The average Bonchev–Trinajstić information content (AvgIpc) is 3.19.